The van der Waals surface area contributed by atoms with Crippen molar-refractivity contribution < 1.29 is 13.9 Å². The molecule has 0 unspecified atom stereocenters. The molecule has 2 aromatic carbocycles. The zero-order valence-electron chi connectivity index (χ0n) is 14.9. The van der Waals surface area contributed by atoms with Gasteiger partial charge in [0.05, 0.1) is 18.2 Å². The molecule has 1 atom stereocenters. The van der Waals surface area contributed by atoms with Gasteiger partial charge in [-0.25, -0.2) is 4.39 Å². The predicted octanol–water partition coefficient (Wildman–Crippen LogP) is 3.59. The van der Waals surface area contributed by atoms with Crippen LogP contribution in [0.15, 0.2) is 55.1 Å². The highest BCUT2D eigenvalue weighted by molar-refractivity contribution is 5.78. The molecule has 136 valence electrons. The van der Waals surface area contributed by atoms with Crippen LogP contribution in [0.25, 0.3) is 0 Å². The molecular formula is C21H23FN2O2. The molecule has 1 N–H and O–H groups in total. The van der Waals surface area contributed by atoms with Gasteiger partial charge in [0.1, 0.15) is 18.2 Å². The maximum atomic E-state index is 13.2. The molecule has 0 aliphatic carbocycles. The van der Waals surface area contributed by atoms with Crippen molar-refractivity contribution in [3.8, 4) is 5.75 Å². The number of fused-ring (bicyclic) bond motifs is 1. The van der Waals surface area contributed by atoms with Crippen molar-refractivity contribution in [1.82, 2.24) is 5.32 Å². The number of nitrogens with zero attached hydrogens (tertiary/aromatic N) is 1. The zero-order valence-corrected chi connectivity index (χ0v) is 14.9. The molecule has 0 aromatic heterocycles. The lowest BCUT2D eigenvalue weighted by molar-refractivity contribution is -0.121. The van der Waals surface area contributed by atoms with Crippen LogP contribution < -0.4 is 15.0 Å². The number of amides is 1. The van der Waals surface area contributed by atoms with E-state index < -0.39 is 0 Å². The second-order valence-corrected chi connectivity index (χ2v) is 6.49. The minimum Gasteiger partial charge on any atom is -0.489 e. The Morgan fingerprint density at radius 3 is 2.85 bits per heavy atom. The highest BCUT2D eigenvalue weighted by Gasteiger charge is 2.29. The third-order valence-corrected chi connectivity index (χ3v) is 4.43. The van der Waals surface area contributed by atoms with Crippen LogP contribution in [0.1, 0.15) is 17.5 Å². The Hall–Kier alpha value is -2.82. The van der Waals surface area contributed by atoms with Crippen LogP contribution in [-0.2, 0) is 11.3 Å². The fourth-order valence-electron chi connectivity index (χ4n) is 3.09. The molecule has 1 aliphatic heterocycles. The van der Waals surface area contributed by atoms with Crippen LogP contribution in [0.2, 0.25) is 0 Å². The summed E-state index contributed by atoms with van der Waals surface area (Å²) in [6.07, 6.45) is 1.98. The van der Waals surface area contributed by atoms with Crippen molar-refractivity contribution >= 4 is 11.6 Å². The van der Waals surface area contributed by atoms with E-state index in [0.717, 1.165) is 22.6 Å². The summed E-state index contributed by atoms with van der Waals surface area (Å²) in [6, 6.07) is 12.4. The van der Waals surface area contributed by atoms with Gasteiger partial charge in [-0.15, -0.1) is 6.58 Å². The summed E-state index contributed by atoms with van der Waals surface area (Å²) in [5, 5.41) is 2.82. The van der Waals surface area contributed by atoms with Gasteiger partial charge in [0.15, 0.2) is 0 Å². The monoisotopic (exact) mass is 354 g/mol. The zero-order chi connectivity index (χ0) is 18.5. The summed E-state index contributed by atoms with van der Waals surface area (Å²) in [6.45, 7) is 7.09. The first-order valence-corrected chi connectivity index (χ1v) is 8.69. The molecule has 3 rings (SSSR count). The molecule has 0 bridgehead atoms. The lowest BCUT2D eigenvalue weighted by Crippen LogP contribution is -2.45. The molecule has 1 heterocycles. The van der Waals surface area contributed by atoms with Crippen molar-refractivity contribution in [2.24, 2.45) is 0 Å². The molecule has 2 aromatic rings. The van der Waals surface area contributed by atoms with E-state index in [2.05, 4.69) is 16.8 Å². The summed E-state index contributed by atoms with van der Waals surface area (Å²) < 4.78 is 19.1. The van der Waals surface area contributed by atoms with Gasteiger partial charge < -0.3 is 15.0 Å². The van der Waals surface area contributed by atoms with Crippen LogP contribution in [0.4, 0.5) is 10.1 Å². The van der Waals surface area contributed by atoms with Gasteiger partial charge in [-0.05, 0) is 42.3 Å². The van der Waals surface area contributed by atoms with E-state index >= 15 is 0 Å². The molecule has 0 fully saturated rings. The van der Waals surface area contributed by atoms with Crippen molar-refractivity contribution in [2.75, 3.05) is 18.1 Å². The van der Waals surface area contributed by atoms with E-state index in [9.17, 15) is 9.18 Å². The normalized spacial score (nSPS) is 15.8. The number of anilines is 1. The first kappa shape index (κ1) is 18.0. The molecular weight excluding hydrogens is 331 g/mol. The molecule has 1 amide bonds. The summed E-state index contributed by atoms with van der Waals surface area (Å²) >= 11 is 0. The number of carbonyl (C=O) groups excluding carboxylic acids is 1. The van der Waals surface area contributed by atoms with Crippen LogP contribution in [-0.4, -0.2) is 25.1 Å². The Morgan fingerprint density at radius 2 is 2.12 bits per heavy atom. The van der Waals surface area contributed by atoms with E-state index in [4.69, 9.17) is 4.74 Å². The predicted molar refractivity (Wildman–Crippen MR) is 101 cm³/mol. The van der Waals surface area contributed by atoms with Crippen LogP contribution in [0.5, 0.6) is 5.75 Å². The number of aryl methyl sites for hydroxylation is 1. The van der Waals surface area contributed by atoms with Gasteiger partial charge in [0.2, 0.25) is 5.91 Å². The van der Waals surface area contributed by atoms with Gasteiger partial charge in [0.25, 0.3) is 0 Å². The van der Waals surface area contributed by atoms with E-state index in [1.807, 2.05) is 25.1 Å². The van der Waals surface area contributed by atoms with Crippen LogP contribution >= 0.6 is 0 Å². The number of hydrogen-bond acceptors (Lipinski definition) is 3. The molecule has 5 heteroatoms. The van der Waals surface area contributed by atoms with Crippen molar-refractivity contribution in [2.45, 2.75) is 25.9 Å². The minimum atomic E-state index is -0.257. The topological polar surface area (TPSA) is 41.6 Å². The molecule has 4 nitrogen and oxygen atoms in total. The second-order valence-electron chi connectivity index (χ2n) is 6.49. The third-order valence-electron chi connectivity index (χ3n) is 4.43. The first-order chi connectivity index (χ1) is 12.6. The lowest BCUT2D eigenvalue weighted by atomic mass is 10.0. The van der Waals surface area contributed by atoms with E-state index in [-0.39, 0.29) is 17.8 Å². The van der Waals surface area contributed by atoms with Gasteiger partial charge in [0, 0.05) is 13.1 Å². The largest absolute Gasteiger partial charge is 0.489 e. The number of rotatable bonds is 6. The SMILES string of the molecule is C=CCNC(=O)C[C@H]1COc2cc(C)ccc2N1Cc1ccc(F)cc1. The number of ether oxygens (including phenoxy) is 1. The number of hydrogen-bond donors (Lipinski definition) is 1. The molecule has 0 spiro atoms. The Morgan fingerprint density at radius 1 is 1.35 bits per heavy atom. The number of halogens is 1. The number of carbonyl (C=O) groups is 1. The van der Waals surface area contributed by atoms with E-state index in [1.54, 1.807) is 18.2 Å². The lowest BCUT2D eigenvalue weighted by Gasteiger charge is -2.38. The van der Waals surface area contributed by atoms with Crippen molar-refractivity contribution in [3.63, 3.8) is 0 Å². The Labute approximate surface area is 153 Å². The number of nitrogens with one attached hydrogen (secondary N) is 1. The van der Waals surface area contributed by atoms with Crippen molar-refractivity contribution in [1.29, 1.82) is 0 Å². The minimum absolute atomic E-state index is 0.0434. The maximum Gasteiger partial charge on any atom is 0.222 e. The molecule has 26 heavy (non-hydrogen) atoms. The second kappa shape index (κ2) is 8.04. The van der Waals surface area contributed by atoms with E-state index in [0.29, 0.717) is 26.1 Å². The summed E-state index contributed by atoms with van der Waals surface area (Å²) in [5.74, 6) is 0.514. The van der Waals surface area contributed by atoms with Gasteiger partial charge in [-0.1, -0.05) is 24.3 Å². The average molecular weight is 354 g/mol. The van der Waals surface area contributed by atoms with Gasteiger partial charge >= 0.3 is 0 Å². The van der Waals surface area contributed by atoms with E-state index in [1.165, 1.54) is 12.1 Å². The fraction of sp³-hybridized carbons (Fsp3) is 0.286. The smallest absolute Gasteiger partial charge is 0.222 e. The average Bonchev–Trinajstić information content (AvgIpc) is 2.63. The summed E-state index contributed by atoms with van der Waals surface area (Å²) in [4.78, 5) is 14.4. The Kier molecular flexibility index (Phi) is 5.56. The third kappa shape index (κ3) is 4.23. The molecule has 0 saturated carbocycles. The Balaban J connectivity index is 1.85. The fourth-order valence-corrected chi connectivity index (χ4v) is 3.09. The van der Waals surface area contributed by atoms with Crippen LogP contribution in [0.3, 0.4) is 0 Å². The van der Waals surface area contributed by atoms with Crippen molar-refractivity contribution in [3.05, 3.63) is 72.1 Å². The van der Waals surface area contributed by atoms with Gasteiger partial charge in [-0.3, -0.25) is 4.79 Å². The van der Waals surface area contributed by atoms with Crippen LogP contribution in [0, 0.1) is 12.7 Å². The molecule has 0 saturated heterocycles. The summed E-state index contributed by atoms with van der Waals surface area (Å²) in [7, 11) is 0. The molecule has 1 aliphatic rings. The highest BCUT2D eigenvalue weighted by atomic mass is 19.1. The van der Waals surface area contributed by atoms with Gasteiger partial charge in [-0.2, -0.15) is 0 Å². The quantitative estimate of drug-likeness (QED) is 0.806. The standard InChI is InChI=1S/C21H23FN2O2/c1-3-10-23-21(25)12-18-14-26-20-11-15(2)4-9-19(20)24(18)13-16-5-7-17(22)8-6-16/h3-9,11,18H,1,10,12-14H2,2H3,(H,23,25)/t18-/m0/s1. The summed E-state index contributed by atoms with van der Waals surface area (Å²) in [5.41, 5.74) is 3.05. The maximum absolute atomic E-state index is 13.2. The first-order valence-electron chi connectivity index (χ1n) is 8.69. The molecule has 0 radical (unpaired) electrons. The Bertz CT molecular complexity index is 789. The number of benzene rings is 2. The highest BCUT2D eigenvalue weighted by Crippen LogP contribution is 2.36.